The molecule has 0 aromatic heterocycles. The predicted octanol–water partition coefficient (Wildman–Crippen LogP) is 5.16. The van der Waals surface area contributed by atoms with Crippen LogP contribution in [0.4, 0.5) is 0 Å². The highest BCUT2D eigenvalue weighted by Crippen LogP contribution is 2.35. The Labute approximate surface area is 175 Å². The summed E-state index contributed by atoms with van der Waals surface area (Å²) in [5.74, 6) is -0.225. The number of aldehydes is 1. The highest BCUT2D eigenvalue weighted by atomic mass is 16.6. The molecular formula is C26H21NO3. The van der Waals surface area contributed by atoms with Gasteiger partial charge in [-0.15, -0.1) is 0 Å². The van der Waals surface area contributed by atoms with E-state index in [1.165, 1.54) is 0 Å². The molecule has 1 heterocycles. The Balaban J connectivity index is 1.79. The van der Waals surface area contributed by atoms with Gasteiger partial charge >= 0.3 is 5.97 Å². The lowest BCUT2D eigenvalue weighted by Gasteiger charge is -2.18. The Kier molecular flexibility index (Phi) is 5.95. The van der Waals surface area contributed by atoms with E-state index in [0.29, 0.717) is 24.4 Å². The van der Waals surface area contributed by atoms with Crippen molar-refractivity contribution in [2.24, 2.45) is 4.99 Å². The van der Waals surface area contributed by atoms with Crippen LogP contribution in [0.25, 0.3) is 5.57 Å². The number of rotatable bonds is 7. The topological polar surface area (TPSA) is 55.7 Å². The van der Waals surface area contributed by atoms with Crippen molar-refractivity contribution in [2.45, 2.75) is 18.8 Å². The van der Waals surface area contributed by atoms with Crippen molar-refractivity contribution in [3.63, 3.8) is 0 Å². The van der Waals surface area contributed by atoms with Crippen LogP contribution in [0.5, 0.6) is 0 Å². The molecule has 0 saturated carbocycles. The monoisotopic (exact) mass is 395 g/mol. The van der Waals surface area contributed by atoms with Crippen molar-refractivity contribution < 1.29 is 14.3 Å². The van der Waals surface area contributed by atoms with Gasteiger partial charge in [0, 0.05) is 12.0 Å². The lowest BCUT2D eigenvalue weighted by molar-refractivity contribution is -0.130. The maximum atomic E-state index is 12.8. The fourth-order valence-corrected chi connectivity index (χ4v) is 3.62. The second-order valence-electron chi connectivity index (χ2n) is 7.08. The van der Waals surface area contributed by atoms with Crippen LogP contribution in [-0.2, 0) is 14.3 Å². The fourth-order valence-electron chi connectivity index (χ4n) is 3.62. The van der Waals surface area contributed by atoms with Crippen LogP contribution in [-0.4, -0.2) is 18.2 Å². The molecular weight excluding hydrogens is 374 g/mol. The van der Waals surface area contributed by atoms with Gasteiger partial charge in [0.2, 0.25) is 5.90 Å². The maximum Gasteiger partial charge on any atom is 0.364 e. The van der Waals surface area contributed by atoms with Crippen molar-refractivity contribution in [3.05, 3.63) is 113 Å². The van der Waals surface area contributed by atoms with E-state index in [1.807, 2.05) is 91.0 Å². The number of carbonyl (C=O) groups is 2. The molecule has 0 spiro atoms. The molecule has 4 nitrogen and oxygen atoms in total. The first-order chi connectivity index (χ1) is 14.8. The van der Waals surface area contributed by atoms with Crippen LogP contribution < -0.4 is 0 Å². The third-order valence-electron chi connectivity index (χ3n) is 5.13. The van der Waals surface area contributed by atoms with Gasteiger partial charge in [0.05, 0.1) is 0 Å². The number of aliphatic imine (C=N–C) groups is 1. The molecule has 0 radical (unpaired) electrons. The first-order valence-electron chi connectivity index (χ1n) is 9.89. The molecule has 3 aromatic carbocycles. The van der Waals surface area contributed by atoms with E-state index >= 15 is 0 Å². The minimum absolute atomic E-state index is 0.0600. The van der Waals surface area contributed by atoms with E-state index in [9.17, 15) is 9.59 Å². The molecule has 4 rings (SSSR count). The molecule has 0 amide bonds. The van der Waals surface area contributed by atoms with Gasteiger partial charge in [0.15, 0.2) is 5.70 Å². The van der Waals surface area contributed by atoms with Crippen LogP contribution in [0, 0.1) is 0 Å². The lowest BCUT2D eigenvalue weighted by atomic mass is 9.86. The molecule has 0 fully saturated rings. The van der Waals surface area contributed by atoms with Crippen molar-refractivity contribution >= 4 is 23.7 Å². The van der Waals surface area contributed by atoms with Crippen LogP contribution in [0.3, 0.4) is 0 Å². The quantitative estimate of drug-likeness (QED) is 0.315. The molecule has 3 aromatic rings. The summed E-state index contributed by atoms with van der Waals surface area (Å²) in [4.78, 5) is 28.7. The van der Waals surface area contributed by atoms with Crippen LogP contribution >= 0.6 is 0 Å². The summed E-state index contributed by atoms with van der Waals surface area (Å²) in [6.07, 6.45) is 1.79. The summed E-state index contributed by atoms with van der Waals surface area (Å²) in [5.41, 5.74) is 3.78. The summed E-state index contributed by atoms with van der Waals surface area (Å²) in [6.45, 7) is 0. The Bertz CT molecular complexity index is 1090. The average molecular weight is 395 g/mol. The number of ether oxygens (including phenoxy) is 1. The molecule has 0 aliphatic carbocycles. The Morgan fingerprint density at radius 1 is 0.867 bits per heavy atom. The predicted molar refractivity (Wildman–Crippen MR) is 117 cm³/mol. The van der Waals surface area contributed by atoms with Crippen LogP contribution in [0.15, 0.2) is 102 Å². The zero-order chi connectivity index (χ0) is 20.8. The third-order valence-corrected chi connectivity index (χ3v) is 5.13. The largest absolute Gasteiger partial charge is 0.402 e. The maximum absolute atomic E-state index is 12.8. The van der Waals surface area contributed by atoms with Crippen LogP contribution in [0.1, 0.15) is 35.4 Å². The molecule has 0 N–H and O–H groups in total. The normalized spacial score (nSPS) is 15.9. The molecule has 0 unspecified atom stereocenters. The number of cyclic esters (lactones) is 1. The molecule has 4 heteroatoms. The Morgan fingerprint density at radius 2 is 1.47 bits per heavy atom. The lowest BCUT2D eigenvalue weighted by Crippen LogP contribution is -2.08. The molecule has 0 bridgehead atoms. The second kappa shape index (κ2) is 9.14. The first kappa shape index (κ1) is 19.5. The van der Waals surface area contributed by atoms with Gasteiger partial charge in [-0.05, 0) is 41.2 Å². The van der Waals surface area contributed by atoms with Gasteiger partial charge in [-0.2, -0.15) is 0 Å². The fraction of sp³-hybridized carbons (Fsp3) is 0.115. The Hall–Kier alpha value is -3.79. The molecule has 30 heavy (non-hydrogen) atoms. The van der Waals surface area contributed by atoms with Gasteiger partial charge in [-0.3, -0.25) is 0 Å². The summed E-state index contributed by atoms with van der Waals surface area (Å²) >= 11 is 0. The van der Waals surface area contributed by atoms with Crippen LogP contribution in [0.2, 0.25) is 0 Å². The third kappa shape index (κ3) is 4.28. The van der Waals surface area contributed by atoms with E-state index in [0.717, 1.165) is 28.5 Å². The molecule has 148 valence electrons. The molecule has 1 aliphatic rings. The van der Waals surface area contributed by atoms with E-state index in [4.69, 9.17) is 4.74 Å². The van der Waals surface area contributed by atoms with Gasteiger partial charge < -0.3 is 9.53 Å². The zero-order valence-electron chi connectivity index (χ0n) is 16.4. The highest BCUT2D eigenvalue weighted by molar-refractivity contribution is 6.14. The number of allylic oxidation sites excluding steroid dienone is 1. The second-order valence-corrected chi connectivity index (χ2v) is 7.08. The van der Waals surface area contributed by atoms with Gasteiger partial charge in [-0.1, -0.05) is 78.9 Å². The number of hydrogen-bond acceptors (Lipinski definition) is 4. The molecule has 1 atom stereocenters. The smallest absolute Gasteiger partial charge is 0.364 e. The number of carbonyl (C=O) groups excluding carboxylic acids is 2. The van der Waals surface area contributed by atoms with Crippen molar-refractivity contribution in [3.8, 4) is 0 Å². The van der Waals surface area contributed by atoms with Gasteiger partial charge in [-0.25, -0.2) is 9.79 Å². The first-order valence-corrected chi connectivity index (χ1v) is 9.89. The Morgan fingerprint density at radius 3 is 2.10 bits per heavy atom. The summed E-state index contributed by atoms with van der Waals surface area (Å²) < 4.78 is 5.49. The highest BCUT2D eigenvalue weighted by Gasteiger charge is 2.29. The number of benzene rings is 3. The molecule has 0 saturated heterocycles. The number of hydrogen-bond donors (Lipinski definition) is 0. The summed E-state index contributed by atoms with van der Waals surface area (Å²) in [5, 5.41) is 0. The van der Waals surface area contributed by atoms with E-state index in [-0.39, 0.29) is 5.92 Å². The summed E-state index contributed by atoms with van der Waals surface area (Å²) in [7, 11) is 0. The summed E-state index contributed by atoms with van der Waals surface area (Å²) in [6, 6.07) is 28.9. The standard InChI is InChI=1S/C26H21NO3/c28-17-16-22(19-10-4-1-5-11-19)18-23(20-12-6-2-7-13-20)24-26(29)30-25(27-24)21-14-8-3-9-15-21/h1-15,17,22H,16,18H2/b24-23-/t22-/m1/s1. The van der Waals surface area contributed by atoms with Crippen molar-refractivity contribution in [2.75, 3.05) is 0 Å². The molecule has 1 aliphatic heterocycles. The van der Waals surface area contributed by atoms with E-state index in [2.05, 4.69) is 4.99 Å². The van der Waals surface area contributed by atoms with Gasteiger partial charge in [0.25, 0.3) is 0 Å². The number of esters is 1. The van der Waals surface area contributed by atoms with Crippen molar-refractivity contribution in [1.29, 1.82) is 0 Å². The minimum atomic E-state index is -0.467. The number of nitrogens with zero attached hydrogens (tertiary/aromatic N) is 1. The van der Waals surface area contributed by atoms with E-state index < -0.39 is 5.97 Å². The van der Waals surface area contributed by atoms with Crippen molar-refractivity contribution in [1.82, 2.24) is 0 Å². The van der Waals surface area contributed by atoms with Gasteiger partial charge in [0.1, 0.15) is 6.29 Å². The minimum Gasteiger partial charge on any atom is -0.402 e. The zero-order valence-corrected chi connectivity index (χ0v) is 16.4. The average Bonchev–Trinajstić information content (AvgIpc) is 3.19. The SMILES string of the molecule is O=CC[C@H](C/C(=C1/N=C(c2ccccc2)OC1=O)c1ccccc1)c1ccccc1. The van der Waals surface area contributed by atoms with E-state index in [1.54, 1.807) is 0 Å².